The zero-order valence-corrected chi connectivity index (χ0v) is 12.1. The maximum Gasteiger partial charge on any atom is 0.412 e. The van der Waals surface area contributed by atoms with Crippen LogP contribution in [-0.4, -0.2) is 10.5 Å². The molecular formula is C13H13ClN2O2S. The summed E-state index contributed by atoms with van der Waals surface area (Å²) in [4.78, 5) is 12.6. The third kappa shape index (κ3) is 3.68. The normalized spacial score (nSPS) is 10.3. The lowest BCUT2D eigenvalue weighted by atomic mass is 10.2. The number of aryl methyl sites for hydroxylation is 2. The molecule has 1 heterocycles. The SMILES string of the molecule is Cc1nsc(C)c1NC(=O)OCc1ccc(Cl)cc1. The van der Waals surface area contributed by atoms with Gasteiger partial charge in [-0.3, -0.25) is 5.32 Å². The van der Waals surface area contributed by atoms with E-state index in [1.54, 1.807) is 12.1 Å². The Morgan fingerprint density at radius 2 is 2.05 bits per heavy atom. The summed E-state index contributed by atoms with van der Waals surface area (Å²) < 4.78 is 9.29. The number of hydrogen-bond acceptors (Lipinski definition) is 4. The van der Waals surface area contributed by atoms with Crippen LogP contribution in [0.15, 0.2) is 24.3 Å². The molecule has 0 aliphatic rings. The number of rotatable bonds is 3. The monoisotopic (exact) mass is 296 g/mol. The Kier molecular flexibility index (Phi) is 4.39. The molecule has 1 aromatic carbocycles. The summed E-state index contributed by atoms with van der Waals surface area (Å²) in [5.41, 5.74) is 2.41. The minimum absolute atomic E-state index is 0.207. The van der Waals surface area contributed by atoms with Crippen molar-refractivity contribution in [3.63, 3.8) is 0 Å². The minimum Gasteiger partial charge on any atom is -0.444 e. The maximum atomic E-state index is 11.7. The Balaban J connectivity index is 1.90. The number of nitrogens with zero attached hydrogens (tertiary/aromatic N) is 1. The lowest BCUT2D eigenvalue weighted by Gasteiger charge is -2.07. The van der Waals surface area contributed by atoms with Gasteiger partial charge < -0.3 is 4.74 Å². The summed E-state index contributed by atoms with van der Waals surface area (Å²) in [6.45, 7) is 3.95. The molecule has 0 fully saturated rings. The molecule has 0 bridgehead atoms. The Morgan fingerprint density at radius 3 is 2.63 bits per heavy atom. The van der Waals surface area contributed by atoms with Crippen LogP contribution in [0.1, 0.15) is 16.1 Å². The van der Waals surface area contributed by atoms with E-state index < -0.39 is 6.09 Å². The topological polar surface area (TPSA) is 51.2 Å². The number of halogens is 1. The molecule has 2 aromatic rings. The van der Waals surface area contributed by atoms with E-state index in [1.165, 1.54) is 11.5 Å². The third-order valence-corrected chi connectivity index (χ3v) is 3.64. The highest BCUT2D eigenvalue weighted by Gasteiger charge is 2.11. The number of nitrogens with one attached hydrogen (secondary N) is 1. The van der Waals surface area contributed by atoms with E-state index in [1.807, 2.05) is 26.0 Å². The van der Waals surface area contributed by atoms with E-state index in [4.69, 9.17) is 16.3 Å². The molecule has 1 amide bonds. The van der Waals surface area contributed by atoms with Crippen molar-refractivity contribution in [1.29, 1.82) is 0 Å². The van der Waals surface area contributed by atoms with Gasteiger partial charge in [-0.1, -0.05) is 23.7 Å². The molecule has 4 nitrogen and oxygen atoms in total. The van der Waals surface area contributed by atoms with Crippen molar-refractivity contribution in [2.75, 3.05) is 5.32 Å². The fourth-order valence-corrected chi connectivity index (χ4v) is 2.31. The van der Waals surface area contributed by atoms with Crippen molar-refractivity contribution in [3.05, 3.63) is 45.4 Å². The zero-order chi connectivity index (χ0) is 13.8. The summed E-state index contributed by atoms with van der Waals surface area (Å²) in [6, 6.07) is 7.15. The molecule has 0 spiro atoms. The Morgan fingerprint density at radius 1 is 1.37 bits per heavy atom. The number of hydrogen-bond donors (Lipinski definition) is 1. The number of carbonyl (C=O) groups is 1. The van der Waals surface area contributed by atoms with Crippen molar-refractivity contribution in [2.45, 2.75) is 20.5 Å². The molecule has 0 aliphatic heterocycles. The van der Waals surface area contributed by atoms with Crippen molar-refractivity contribution in [1.82, 2.24) is 4.37 Å². The third-order valence-electron chi connectivity index (χ3n) is 2.54. The molecule has 1 N–H and O–H groups in total. The summed E-state index contributed by atoms with van der Waals surface area (Å²) in [6.07, 6.45) is -0.485. The number of amides is 1. The Hall–Kier alpha value is -1.59. The number of ether oxygens (including phenoxy) is 1. The first-order valence-electron chi connectivity index (χ1n) is 5.67. The number of aromatic nitrogens is 1. The van der Waals surface area contributed by atoms with Gasteiger partial charge in [0.2, 0.25) is 0 Å². The highest BCUT2D eigenvalue weighted by atomic mass is 35.5. The van der Waals surface area contributed by atoms with Crippen LogP contribution < -0.4 is 5.32 Å². The van der Waals surface area contributed by atoms with E-state index in [9.17, 15) is 4.79 Å². The second-order valence-electron chi connectivity index (χ2n) is 4.03. The molecule has 0 saturated heterocycles. The summed E-state index contributed by atoms with van der Waals surface area (Å²) >= 11 is 7.13. The molecule has 2 rings (SSSR count). The second-order valence-corrected chi connectivity index (χ2v) is 5.44. The number of benzene rings is 1. The van der Waals surface area contributed by atoms with Gasteiger partial charge in [0.05, 0.1) is 11.4 Å². The lowest BCUT2D eigenvalue weighted by molar-refractivity contribution is 0.155. The standard InChI is InChI=1S/C13H13ClN2O2S/c1-8-12(9(2)19-16-8)15-13(17)18-7-10-3-5-11(14)6-4-10/h3-6H,7H2,1-2H3,(H,15,17). The van der Waals surface area contributed by atoms with Gasteiger partial charge in [0, 0.05) is 9.90 Å². The molecule has 0 unspecified atom stereocenters. The average Bonchev–Trinajstić information content (AvgIpc) is 2.70. The van der Waals surface area contributed by atoms with Crippen molar-refractivity contribution in [2.24, 2.45) is 0 Å². The minimum atomic E-state index is -0.485. The molecule has 0 aliphatic carbocycles. The van der Waals surface area contributed by atoms with Gasteiger partial charge in [-0.25, -0.2) is 4.79 Å². The molecule has 100 valence electrons. The predicted molar refractivity (Wildman–Crippen MR) is 76.8 cm³/mol. The number of carbonyl (C=O) groups excluding carboxylic acids is 1. The molecule has 19 heavy (non-hydrogen) atoms. The van der Waals surface area contributed by atoms with Gasteiger partial charge >= 0.3 is 6.09 Å². The first kappa shape index (κ1) is 13.8. The van der Waals surface area contributed by atoms with Crippen LogP contribution in [0.3, 0.4) is 0 Å². The largest absolute Gasteiger partial charge is 0.444 e. The summed E-state index contributed by atoms with van der Waals surface area (Å²) in [5.74, 6) is 0. The molecule has 0 radical (unpaired) electrons. The molecular weight excluding hydrogens is 284 g/mol. The fraction of sp³-hybridized carbons (Fsp3) is 0.231. The van der Waals surface area contributed by atoms with Crippen LogP contribution in [0, 0.1) is 13.8 Å². The van der Waals surface area contributed by atoms with E-state index in [2.05, 4.69) is 9.69 Å². The van der Waals surface area contributed by atoms with Crippen LogP contribution in [0.5, 0.6) is 0 Å². The Labute approximate surface area is 120 Å². The number of anilines is 1. The van der Waals surface area contributed by atoms with E-state index in [-0.39, 0.29) is 6.61 Å². The van der Waals surface area contributed by atoms with Gasteiger partial charge in [0.15, 0.2) is 0 Å². The molecule has 1 aromatic heterocycles. The van der Waals surface area contributed by atoms with Crippen LogP contribution in [0.25, 0.3) is 0 Å². The van der Waals surface area contributed by atoms with Crippen molar-refractivity contribution < 1.29 is 9.53 Å². The van der Waals surface area contributed by atoms with Crippen LogP contribution in [-0.2, 0) is 11.3 Å². The maximum absolute atomic E-state index is 11.7. The smallest absolute Gasteiger partial charge is 0.412 e. The van der Waals surface area contributed by atoms with Gasteiger partial charge in [0.1, 0.15) is 6.61 Å². The molecule has 6 heteroatoms. The van der Waals surface area contributed by atoms with Crippen molar-refractivity contribution in [3.8, 4) is 0 Å². The second kappa shape index (κ2) is 6.04. The summed E-state index contributed by atoms with van der Waals surface area (Å²) in [5, 5.41) is 3.36. The highest BCUT2D eigenvalue weighted by molar-refractivity contribution is 7.06. The van der Waals surface area contributed by atoms with Crippen molar-refractivity contribution >= 4 is 34.9 Å². The Bertz CT molecular complexity index is 561. The van der Waals surface area contributed by atoms with E-state index in [0.717, 1.165) is 21.8 Å². The predicted octanol–water partition coefficient (Wildman–Crippen LogP) is 4.16. The van der Waals surface area contributed by atoms with Gasteiger partial charge in [-0.2, -0.15) is 4.37 Å². The zero-order valence-electron chi connectivity index (χ0n) is 10.6. The fourth-order valence-electron chi connectivity index (χ4n) is 1.53. The quantitative estimate of drug-likeness (QED) is 0.925. The molecule has 0 saturated carbocycles. The van der Waals surface area contributed by atoms with E-state index >= 15 is 0 Å². The van der Waals surface area contributed by atoms with Gasteiger partial charge in [-0.05, 0) is 43.1 Å². The molecule has 0 atom stereocenters. The van der Waals surface area contributed by atoms with Crippen LogP contribution >= 0.6 is 23.1 Å². The van der Waals surface area contributed by atoms with Crippen LogP contribution in [0.2, 0.25) is 5.02 Å². The van der Waals surface area contributed by atoms with Gasteiger partial charge in [0.25, 0.3) is 0 Å². The van der Waals surface area contributed by atoms with E-state index in [0.29, 0.717) is 5.02 Å². The van der Waals surface area contributed by atoms with Gasteiger partial charge in [-0.15, -0.1) is 0 Å². The lowest BCUT2D eigenvalue weighted by Crippen LogP contribution is -2.14. The summed E-state index contributed by atoms with van der Waals surface area (Å²) in [7, 11) is 0. The highest BCUT2D eigenvalue weighted by Crippen LogP contribution is 2.23. The average molecular weight is 297 g/mol. The van der Waals surface area contributed by atoms with Crippen LogP contribution in [0.4, 0.5) is 10.5 Å². The first-order chi connectivity index (χ1) is 9.06. The first-order valence-corrected chi connectivity index (χ1v) is 6.82.